The van der Waals surface area contributed by atoms with Crippen molar-refractivity contribution in [1.82, 2.24) is 4.90 Å². The zero-order chi connectivity index (χ0) is 17.9. The number of hydrogen-bond acceptors (Lipinski definition) is 3. The molecule has 0 bridgehead atoms. The molecule has 4 atom stereocenters. The number of amides is 3. The minimum Gasteiger partial charge on any atom is -0.326 e. The van der Waals surface area contributed by atoms with Crippen molar-refractivity contribution < 1.29 is 19.7 Å². The van der Waals surface area contributed by atoms with Gasteiger partial charge in [-0.3, -0.25) is 19.3 Å². The number of unbranched alkanes of at least 4 members (excludes halogenated alkanes) is 1. The standard InChI is InChI=1S/C18H20BrN3O3/c1-3-4-7-22-15(23)13-9(2)21-18(14(13)16(22)24)11-8-10(19)5-6-12(11)20-17(18)25/h5-6,8-9,13-14,21H,3-4,7H2,1-2H3,(H,20,25)/p+1/t9-,13-,14+,18+/m1/s1. The second-order valence-corrected chi connectivity index (χ2v) is 8.14. The molecule has 132 valence electrons. The van der Waals surface area contributed by atoms with Crippen molar-refractivity contribution in [3.63, 3.8) is 0 Å². The Labute approximate surface area is 154 Å². The van der Waals surface area contributed by atoms with E-state index in [9.17, 15) is 14.4 Å². The number of quaternary nitrogens is 1. The maximum Gasteiger partial charge on any atom is 0.291 e. The largest absolute Gasteiger partial charge is 0.326 e. The Kier molecular flexibility index (Phi) is 3.77. The summed E-state index contributed by atoms with van der Waals surface area (Å²) in [5.74, 6) is -1.60. The third-order valence-corrected chi connectivity index (χ3v) is 6.30. The molecule has 4 rings (SSSR count). The molecular weight excluding hydrogens is 386 g/mol. The Morgan fingerprint density at radius 1 is 1.28 bits per heavy atom. The minimum atomic E-state index is -1.04. The summed E-state index contributed by atoms with van der Waals surface area (Å²) in [6.07, 6.45) is 1.70. The van der Waals surface area contributed by atoms with Gasteiger partial charge in [0.2, 0.25) is 17.4 Å². The van der Waals surface area contributed by atoms with Gasteiger partial charge < -0.3 is 10.6 Å². The van der Waals surface area contributed by atoms with Crippen LogP contribution in [0, 0.1) is 11.8 Å². The summed E-state index contributed by atoms with van der Waals surface area (Å²) in [5.41, 5.74) is 0.478. The number of halogens is 1. The van der Waals surface area contributed by atoms with Gasteiger partial charge in [-0.2, -0.15) is 0 Å². The monoisotopic (exact) mass is 406 g/mol. The Hall–Kier alpha value is -1.73. The van der Waals surface area contributed by atoms with E-state index in [1.165, 1.54) is 4.90 Å². The second kappa shape index (κ2) is 5.64. The van der Waals surface area contributed by atoms with E-state index in [-0.39, 0.29) is 23.8 Å². The van der Waals surface area contributed by atoms with Crippen LogP contribution in [0.25, 0.3) is 0 Å². The fourth-order valence-electron chi connectivity index (χ4n) is 4.71. The number of nitrogens with zero attached hydrogens (tertiary/aromatic N) is 1. The normalized spacial score (nSPS) is 33.2. The topological polar surface area (TPSA) is 83.1 Å². The van der Waals surface area contributed by atoms with E-state index in [4.69, 9.17) is 0 Å². The van der Waals surface area contributed by atoms with Gasteiger partial charge in [-0.15, -0.1) is 0 Å². The highest BCUT2D eigenvalue weighted by molar-refractivity contribution is 9.10. The summed E-state index contributed by atoms with van der Waals surface area (Å²) in [7, 11) is 0. The van der Waals surface area contributed by atoms with Crippen LogP contribution in [0.15, 0.2) is 22.7 Å². The number of carbonyl (C=O) groups excluding carboxylic acids is 3. The Balaban J connectivity index is 1.83. The lowest BCUT2D eigenvalue weighted by Gasteiger charge is -2.25. The molecule has 1 aromatic carbocycles. The summed E-state index contributed by atoms with van der Waals surface area (Å²) in [5, 5.41) is 4.83. The molecule has 3 aliphatic rings. The average Bonchev–Trinajstić information content (AvgIpc) is 3.12. The van der Waals surface area contributed by atoms with E-state index in [0.717, 1.165) is 28.6 Å². The average molecular weight is 407 g/mol. The van der Waals surface area contributed by atoms with Crippen LogP contribution < -0.4 is 10.6 Å². The van der Waals surface area contributed by atoms with E-state index < -0.39 is 17.4 Å². The molecule has 0 saturated carbocycles. The van der Waals surface area contributed by atoms with Crippen LogP contribution in [0.3, 0.4) is 0 Å². The molecule has 1 spiro atoms. The maximum atomic E-state index is 13.1. The number of hydrogen-bond donors (Lipinski definition) is 2. The molecule has 0 unspecified atom stereocenters. The van der Waals surface area contributed by atoms with Crippen LogP contribution in [0.1, 0.15) is 32.3 Å². The third kappa shape index (κ3) is 2.08. The number of imide groups is 1. The molecule has 0 aromatic heterocycles. The Morgan fingerprint density at radius 3 is 2.76 bits per heavy atom. The summed E-state index contributed by atoms with van der Waals surface area (Å²) >= 11 is 3.46. The molecule has 2 fully saturated rings. The first kappa shape index (κ1) is 16.7. The minimum absolute atomic E-state index is 0.122. The van der Waals surface area contributed by atoms with E-state index in [2.05, 4.69) is 21.2 Å². The number of anilines is 1. The first-order valence-electron chi connectivity index (χ1n) is 8.74. The summed E-state index contributed by atoms with van der Waals surface area (Å²) < 4.78 is 0.853. The Morgan fingerprint density at radius 2 is 2.04 bits per heavy atom. The lowest BCUT2D eigenvalue weighted by atomic mass is 9.76. The van der Waals surface area contributed by atoms with Gasteiger partial charge in [-0.1, -0.05) is 29.3 Å². The second-order valence-electron chi connectivity index (χ2n) is 7.22. The molecule has 1 aromatic rings. The fourth-order valence-corrected chi connectivity index (χ4v) is 5.07. The van der Waals surface area contributed by atoms with Crippen molar-refractivity contribution in [3.05, 3.63) is 28.2 Å². The quantitative estimate of drug-likeness (QED) is 0.733. The summed E-state index contributed by atoms with van der Waals surface area (Å²) in [6.45, 7) is 4.41. The highest BCUT2D eigenvalue weighted by Gasteiger charge is 2.73. The van der Waals surface area contributed by atoms with Crippen molar-refractivity contribution >= 4 is 39.3 Å². The van der Waals surface area contributed by atoms with Crippen molar-refractivity contribution in [3.8, 4) is 0 Å². The van der Waals surface area contributed by atoms with Crippen LogP contribution >= 0.6 is 15.9 Å². The molecule has 3 N–H and O–H groups in total. The fraction of sp³-hybridized carbons (Fsp3) is 0.500. The van der Waals surface area contributed by atoms with Gasteiger partial charge in [0.25, 0.3) is 5.91 Å². The molecule has 2 saturated heterocycles. The molecule has 25 heavy (non-hydrogen) atoms. The predicted octanol–water partition coefficient (Wildman–Crippen LogP) is 0.963. The molecule has 0 aliphatic carbocycles. The molecule has 3 aliphatic heterocycles. The highest BCUT2D eigenvalue weighted by atomic mass is 79.9. The van der Waals surface area contributed by atoms with Gasteiger partial charge in [-0.05, 0) is 31.5 Å². The maximum absolute atomic E-state index is 13.1. The number of nitrogens with two attached hydrogens (primary N) is 1. The smallest absolute Gasteiger partial charge is 0.291 e. The van der Waals surface area contributed by atoms with Gasteiger partial charge in [-0.25, -0.2) is 0 Å². The van der Waals surface area contributed by atoms with Crippen LogP contribution in [0.2, 0.25) is 0 Å². The van der Waals surface area contributed by atoms with E-state index in [0.29, 0.717) is 6.54 Å². The molecule has 3 amide bonds. The van der Waals surface area contributed by atoms with Crippen LogP contribution in [0.5, 0.6) is 0 Å². The zero-order valence-corrected chi connectivity index (χ0v) is 15.8. The lowest BCUT2D eigenvalue weighted by molar-refractivity contribution is -0.730. The molecule has 6 nitrogen and oxygen atoms in total. The molecule has 0 radical (unpaired) electrons. The number of nitrogens with one attached hydrogen (secondary N) is 1. The van der Waals surface area contributed by atoms with E-state index >= 15 is 0 Å². The number of likely N-dealkylation sites (tertiary alicyclic amines) is 1. The number of rotatable bonds is 3. The van der Waals surface area contributed by atoms with Gasteiger partial charge >= 0.3 is 0 Å². The van der Waals surface area contributed by atoms with Gasteiger partial charge in [0.1, 0.15) is 11.8 Å². The zero-order valence-electron chi connectivity index (χ0n) is 14.2. The van der Waals surface area contributed by atoms with Gasteiger partial charge in [0, 0.05) is 16.6 Å². The van der Waals surface area contributed by atoms with Crippen molar-refractivity contribution in [2.24, 2.45) is 11.8 Å². The Bertz CT molecular complexity index is 796. The molecule has 3 heterocycles. The van der Waals surface area contributed by atoms with Crippen molar-refractivity contribution in [1.29, 1.82) is 0 Å². The number of benzene rings is 1. The van der Waals surface area contributed by atoms with Gasteiger partial charge in [0.05, 0.1) is 11.7 Å². The predicted molar refractivity (Wildman–Crippen MR) is 94.4 cm³/mol. The molecular formula is C18H21BrN3O3+. The first-order chi connectivity index (χ1) is 11.9. The number of carbonyl (C=O) groups is 3. The van der Waals surface area contributed by atoms with E-state index in [1.54, 1.807) is 0 Å². The molecule has 7 heteroatoms. The summed E-state index contributed by atoms with van der Waals surface area (Å²) in [4.78, 5) is 40.4. The van der Waals surface area contributed by atoms with Crippen LogP contribution in [-0.4, -0.2) is 35.2 Å². The van der Waals surface area contributed by atoms with E-state index in [1.807, 2.05) is 37.4 Å². The first-order valence-corrected chi connectivity index (χ1v) is 9.53. The summed E-state index contributed by atoms with van der Waals surface area (Å²) in [6, 6.07) is 5.48. The number of fused-ring (bicyclic) bond motifs is 4. The third-order valence-electron chi connectivity index (χ3n) is 5.81. The van der Waals surface area contributed by atoms with Gasteiger partial charge in [0.15, 0.2) is 0 Å². The van der Waals surface area contributed by atoms with Crippen LogP contribution in [-0.2, 0) is 19.9 Å². The van der Waals surface area contributed by atoms with Crippen molar-refractivity contribution in [2.45, 2.75) is 38.3 Å². The highest BCUT2D eigenvalue weighted by Crippen LogP contribution is 2.49. The SMILES string of the molecule is CCCCN1C(=O)[C@H]2[C@@H](C1=O)[C@]1([NH2+][C@@H]2C)C(=O)Nc2ccc(Br)cc21. The van der Waals surface area contributed by atoms with Crippen molar-refractivity contribution in [2.75, 3.05) is 11.9 Å². The lowest BCUT2D eigenvalue weighted by Crippen LogP contribution is -2.98. The van der Waals surface area contributed by atoms with Crippen LogP contribution in [0.4, 0.5) is 5.69 Å².